The largest absolute Gasteiger partial charge is 0.457 e. The summed E-state index contributed by atoms with van der Waals surface area (Å²) in [7, 11) is 0. The van der Waals surface area contributed by atoms with Crippen LogP contribution in [0.5, 0.6) is 11.5 Å². The highest BCUT2D eigenvalue weighted by Gasteiger charge is 2.01. The van der Waals surface area contributed by atoms with Crippen LogP contribution < -0.4 is 15.7 Å². The molecule has 2 N–H and O–H groups in total. The highest BCUT2D eigenvalue weighted by atomic mass is 16.5. The first-order chi connectivity index (χ1) is 12.1. The summed E-state index contributed by atoms with van der Waals surface area (Å²) >= 11 is 0. The van der Waals surface area contributed by atoms with E-state index in [0.29, 0.717) is 11.6 Å². The molecule has 1 aromatic heterocycles. The van der Waals surface area contributed by atoms with Gasteiger partial charge in [-0.15, -0.1) is 0 Å². The average Bonchev–Trinajstić information content (AvgIpc) is 2.60. The Hall–Kier alpha value is -3.41. The van der Waals surface area contributed by atoms with Crippen LogP contribution in [-0.4, -0.2) is 15.7 Å². The van der Waals surface area contributed by atoms with Crippen LogP contribution in [0.1, 0.15) is 18.2 Å². The van der Waals surface area contributed by atoms with Crippen molar-refractivity contribution in [2.45, 2.75) is 13.8 Å². The van der Waals surface area contributed by atoms with Crippen molar-refractivity contribution >= 4 is 11.7 Å². The molecule has 6 heteroatoms. The van der Waals surface area contributed by atoms with Crippen molar-refractivity contribution in [3.05, 3.63) is 82.3 Å². The minimum atomic E-state index is -0.217. The van der Waals surface area contributed by atoms with Gasteiger partial charge in [-0.05, 0) is 55.8 Å². The third kappa shape index (κ3) is 4.54. The Morgan fingerprint density at radius 2 is 1.76 bits per heavy atom. The summed E-state index contributed by atoms with van der Waals surface area (Å²) in [6, 6.07) is 18.6. The van der Waals surface area contributed by atoms with Crippen molar-refractivity contribution in [2.24, 2.45) is 5.10 Å². The number of aromatic nitrogens is 2. The lowest BCUT2D eigenvalue weighted by Crippen LogP contribution is -2.11. The molecule has 0 atom stereocenters. The van der Waals surface area contributed by atoms with Gasteiger partial charge in [-0.2, -0.15) is 5.10 Å². The summed E-state index contributed by atoms with van der Waals surface area (Å²) in [5, 5.41) is 4.25. The van der Waals surface area contributed by atoms with E-state index in [4.69, 9.17) is 4.74 Å². The molecule has 0 fully saturated rings. The molecule has 0 aliphatic heterocycles. The minimum Gasteiger partial charge on any atom is -0.457 e. The number of aromatic amines is 1. The number of hydrazone groups is 1. The Morgan fingerprint density at radius 1 is 1.08 bits per heavy atom. The fourth-order valence-electron chi connectivity index (χ4n) is 2.22. The van der Waals surface area contributed by atoms with Gasteiger partial charge in [0.2, 0.25) is 5.95 Å². The second kappa shape index (κ2) is 7.44. The normalized spacial score (nSPS) is 11.2. The summed E-state index contributed by atoms with van der Waals surface area (Å²) in [4.78, 5) is 18.2. The van der Waals surface area contributed by atoms with Gasteiger partial charge in [-0.1, -0.05) is 18.2 Å². The second-order valence-electron chi connectivity index (χ2n) is 5.48. The molecule has 1 heterocycles. The zero-order chi connectivity index (χ0) is 17.6. The number of hydrogen-bond acceptors (Lipinski definition) is 5. The third-order valence-electron chi connectivity index (χ3n) is 3.45. The molecule has 126 valence electrons. The van der Waals surface area contributed by atoms with Crippen molar-refractivity contribution in [1.82, 2.24) is 9.97 Å². The van der Waals surface area contributed by atoms with E-state index in [9.17, 15) is 4.79 Å². The third-order valence-corrected chi connectivity index (χ3v) is 3.45. The number of anilines is 1. The molecule has 25 heavy (non-hydrogen) atoms. The Morgan fingerprint density at radius 3 is 2.44 bits per heavy atom. The van der Waals surface area contributed by atoms with Gasteiger partial charge in [-0.3, -0.25) is 9.78 Å². The maximum atomic E-state index is 11.4. The number of para-hydroxylation sites is 1. The highest BCUT2D eigenvalue weighted by molar-refractivity contribution is 5.99. The van der Waals surface area contributed by atoms with E-state index in [1.807, 2.05) is 61.5 Å². The van der Waals surface area contributed by atoms with E-state index < -0.39 is 0 Å². The first kappa shape index (κ1) is 16.4. The maximum absolute atomic E-state index is 11.4. The molecule has 0 saturated heterocycles. The van der Waals surface area contributed by atoms with E-state index >= 15 is 0 Å². The molecular weight excluding hydrogens is 316 g/mol. The lowest BCUT2D eigenvalue weighted by molar-refractivity contribution is 0.482. The van der Waals surface area contributed by atoms with Gasteiger partial charge in [0.15, 0.2) is 0 Å². The van der Waals surface area contributed by atoms with Crippen LogP contribution in [0.15, 0.2) is 70.6 Å². The van der Waals surface area contributed by atoms with Gasteiger partial charge in [0, 0.05) is 11.8 Å². The van der Waals surface area contributed by atoms with Crippen LogP contribution in [0.3, 0.4) is 0 Å². The molecule has 0 aliphatic rings. The molecule has 3 aromatic rings. The Bertz CT molecular complexity index is 932. The van der Waals surface area contributed by atoms with E-state index in [1.165, 1.54) is 6.07 Å². The Labute approximate surface area is 145 Å². The predicted octanol–water partition coefficient (Wildman–Crippen LogP) is 3.71. The number of ether oxygens (including phenoxy) is 1. The summed E-state index contributed by atoms with van der Waals surface area (Å²) in [6.45, 7) is 3.62. The lowest BCUT2D eigenvalue weighted by Gasteiger charge is -2.07. The zero-order valence-electron chi connectivity index (χ0n) is 14.0. The lowest BCUT2D eigenvalue weighted by atomic mass is 10.1. The van der Waals surface area contributed by atoms with Gasteiger partial charge >= 0.3 is 0 Å². The monoisotopic (exact) mass is 334 g/mol. The molecule has 3 rings (SSSR count). The summed E-state index contributed by atoms with van der Waals surface area (Å²) in [5.74, 6) is 1.85. The first-order valence-electron chi connectivity index (χ1n) is 7.82. The zero-order valence-corrected chi connectivity index (χ0v) is 14.0. The Balaban J connectivity index is 1.69. The summed E-state index contributed by atoms with van der Waals surface area (Å²) in [6.07, 6.45) is 0. The molecule has 0 saturated carbocycles. The van der Waals surface area contributed by atoms with E-state index in [0.717, 1.165) is 22.8 Å². The first-order valence-corrected chi connectivity index (χ1v) is 7.82. The van der Waals surface area contributed by atoms with Crippen LogP contribution >= 0.6 is 0 Å². The molecule has 0 bridgehead atoms. The van der Waals surface area contributed by atoms with Crippen LogP contribution in [0.25, 0.3) is 0 Å². The average molecular weight is 334 g/mol. The number of rotatable bonds is 5. The fourth-order valence-corrected chi connectivity index (χ4v) is 2.22. The molecule has 2 aromatic carbocycles. The van der Waals surface area contributed by atoms with Crippen molar-refractivity contribution in [3.8, 4) is 11.5 Å². The van der Waals surface area contributed by atoms with Crippen LogP contribution in [0.4, 0.5) is 5.95 Å². The molecule has 0 radical (unpaired) electrons. The van der Waals surface area contributed by atoms with Crippen LogP contribution in [-0.2, 0) is 0 Å². The number of H-pyrrole nitrogens is 1. The fraction of sp³-hybridized carbons (Fsp3) is 0.105. The maximum Gasteiger partial charge on any atom is 0.252 e. The van der Waals surface area contributed by atoms with Gasteiger partial charge in [0.05, 0.1) is 5.71 Å². The summed E-state index contributed by atoms with van der Waals surface area (Å²) in [5.41, 5.74) is 4.87. The van der Waals surface area contributed by atoms with Crippen molar-refractivity contribution in [3.63, 3.8) is 0 Å². The Kier molecular flexibility index (Phi) is 4.89. The SMILES string of the molecule is C/C(=N/Nc1nc(C)cc(=O)[nH]1)c1ccc(Oc2ccccc2)cc1. The van der Waals surface area contributed by atoms with Gasteiger partial charge < -0.3 is 4.74 Å². The topological polar surface area (TPSA) is 79.4 Å². The van der Waals surface area contributed by atoms with E-state index in [2.05, 4.69) is 20.5 Å². The summed E-state index contributed by atoms with van der Waals surface area (Å²) < 4.78 is 5.76. The van der Waals surface area contributed by atoms with E-state index in [-0.39, 0.29) is 5.56 Å². The van der Waals surface area contributed by atoms with Gasteiger partial charge in [-0.25, -0.2) is 10.4 Å². The molecule has 0 aliphatic carbocycles. The second-order valence-corrected chi connectivity index (χ2v) is 5.48. The number of aryl methyl sites for hydroxylation is 1. The van der Waals surface area contributed by atoms with E-state index in [1.54, 1.807) is 6.92 Å². The van der Waals surface area contributed by atoms with Gasteiger partial charge in [0.1, 0.15) is 11.5 Å². The quantitative estimate of drug-likeness (QED) is 0.551. The molecule has 6 nitrogen and oxygen atoms in total. The number of hydrogen-bond donors (Lipinski definition) is 2. The number of nitrogens with one attached hydrogen (secondary N) is 2. The highest BCUT2D eigenvalue weighted by Crippen LogP contribution is 2.21. The molecule has 0 unspecified atom stereocenters. The standard InChI is InChI=1S/C19H18N4O2/c1-13-12-18(24)21-19(20-13)23-22-14(2)15-8-10-17(11-9-15)25-16-6-4-3-5-7-16/h3-12H,1-2H3,(H2,20,21,23,24)/b22-14-. The molecule has 0 spiro atoms. The number of benzene rings is 2. The van der Waals surface area contributed by atoms with Crippen LogP contribution in [0, 0.1) is 6.92 Å². The number of nitrogens with zero attached hydrogens (tertiary/aromatic N) is 2. The van der Waals surface area contributed by atoms with Gasteiger partial charge in [0.25, 0.3) is 5.56 Å². The van der Waals surface area contributed by atoms with Crippen molar-refractivity contribution < 1.29 is 4.74 Å². The molecule has 0 amide bonds. The predicted molar refractivity (Wildman–Crippen MR) is 98.4 cm³/mol. The minimum absolute atomic E-state index is 0.217. The molecular formula is C19H18N4O2. The smallest absolute Gasteiger partial charge is 0.252 e. The van der Waals surface area contributed by atoms with Crippen LogP contribution in [0.2, 0.25) is 0 Å². The van der Waals surface area contributed by atoms with Crippen molar-refractivity contribution in [2.75, 3.05) is 5.43 Å². The van der Waals surface area contributed by atoms with Crippen molar-refractivity contribution in [1.29, 1.82) is 0 Å².